The van der Waals surface area contributed by atoms with Gasteiger partial charge in [-0.25, -0.2) is 9.07 Å². The van der Waals surface area contributed by atoms with E-state index in [1.54, 1.807) is 12.1 Å². The average molecular weight is 393 g/mol. The molecule has 1 saturated carbocycles. The SMILES string of the molecule is O=C(O)C1CCC(NCc2cn(-c3ccccc3)nc2-c2ccc(F)cc2)CC1. The van der Waals surface area contributed by atoms with E-state index in [-0.39, 0.29) is 11.7 Å². The second-order valence-electron chi connectivity index (χ2n) is 7.56. The minimum atomic E-state index is -0.689. The van der Waals surface area contributed by atoms with Gasteiger partial charge in [0.25, 0.3) is 0 Å². The lowest BCUT2D eigenvalue weighted by Crippen LogP contribution is -2.34. The minimum Gasteiger partial charge on any atom is -0.481 e. The number of nitrogens with zero attached hydrogens (tertiary/aromatic N) is 2. The van der Waals surface area contributed by atoms with Crippen LogP contribution >= 0.6 is 0 Å². The van der Waals surface area contributed by atoms with Crippen molar-refractivity contribution in [3.05, 3.63) is 72.2 Å². The molecule has 4 rings (SSSR count). The number of nitrogens with one attached hydrogen (secondary N) is 1. The molecule has 6 heteroatoms. The van der Waals surface area contributed by atoms with Gasteiger partial charge < -0.3 is 10.4 Å². The van der Waals surface area contributed by atoms with Crippen LogP contribution < -0.4 is 5.32 Å². The van der Waals surface area contributed by atoms with Crippen molar-refractivity contribution in [2.45, 2.75) is 38.3 Å². The minimum absolute atomic E-state index is 0.219. The fourth-order valence-electron chi connectivity index (χ4n) is 3.90. The summed E-state index contributed by atoms with van der Waals surface area (Å²) in [5.41, 5.74) is 3.68. The average Bonchev–Trinajstić information content (AvgIpc) is 3.18. The van der Waals surface area contributed by atoms with Gasteiger partial charge in [-0.3, -0.25) is 4.79 Å². The largest absolute Gasteiger partial charge is 0.481 e. The predicted octanol–water partition coefficient (Wildman–Crippen LogP) is 4.41. The summed E-state index contributed by atoms with van der Waals surface area (Å²) in [5.74, 6) is -1.18. The second kappa shape index (κ2) is 8.57. The summed E-state index contributed by atoms with van der Waals surface area (Å²) in [7, 11) is 0. The zero-order valence-electron chi connectivity index (χ0n) is 16.1. The van der Waals surface area contributed by atoms with Crippen LogP contribution in [0, 0.1) is 11.7 Å². The highest BCUT2D eigenvalue weighted by molar-refractivity contribution is 5.70. The standard InChI is InChI=1S/C23H24FN3O2/c24-19-10-6-16(7-11-19)22-18(15-27(26-22)21-4-2-1-3-5-21)14-25-20-12-8-17(9-13-20)23(28)29/h1-7,10-11,15,17,20,25H,8-9,12-14H2,(H,28,29). The molecule has 0 saturated heterocycles. The zero-order chi connectivity index (χ0) is 20.2. The predicted molar refractivity (Wildman–Crippen MR) is 109 cm³/mol. The molecule has 1 aliphatic carbocycles. The molecule has 3 aromatic rings. The first kappa shape index (κ1) is 19.3. The molecule has 5 nitrogen and oxygen atoms in total. The molecule has 29 heavy (non-hydrogen) atoms. The van der Waals surface area contributed by atoms with Gasteiger partial charge in [0.2, 0.25) is 0 Å². The van der Waals surface area contributed by atoms with Crippen molar-refractivity contribution >= 4 is 5.97 Å². The molecule has 1 aliphatic rings. The number of halogens is 1. The van der Waals surface area contributed by atoms with Crippen LogP contribution in [0.1, 0.15) is 31.2 Å². The fraction of sp³-hybridized carbons (Fsp3) is 0.304. The van der Waals surface area contributed by atoms with E-state index in [1.165, 1.54) is 12.1 Å². The number of carboxylic acid groups (broad SMARTS) is 1. The summed E-state index contributed by atoms with van der Waals surface area (Å²) in [6.07, 6.45) is 5.14. The highest BCUT2D eigenvalue weighted by atomic mass is 19.1. The number of para-hydroxylation sites is 1. The molecule has 0 bridgehead atoms. The molecule has 0 unspecified atom stereocenters. The number of carboxylic acids is 1. The summed E-state index contributed by atoms with van der Waals surface area (Å²) in [4.78, 5) is 11.1. The maximum absolute atomic E-state index is 13.4. The Morgan fingerprint density at radius 2 is 1.76 bits per heavy atom. The number of aromatic nitrogens is 2. The Bertz CT molecular complexity index is 962. The molecule has 2 aromatic carbocycles. The fourth-order valence-corrected chi connectivity index (χ4v) is 3.90. The third-order valence-electron chi connectivity index (χ3n) is 5.59. The van der Waals surface area contributed by atoms with E-state index in [1.807, 2.05) is 41.2 Å². The molecule has 0 atom stereocenters. The van der Waals surface area contributed by atoms with Crippen LogP contribution in [0.25, 0.3) is 16.9 Å². The highest BCUT2D eigenvalue weighted by Crippen LogP contribution is 2.27. The van der Waals surface area contributed by atoms with E-state index in [2.05, 4.69) is 5.32 Å². The molecule has 2 N–H and O–H groups in total. The van der Waals surface area contributed by atoms with Crippen molar-refractivity contribution < 1.29 is 14.3 Å². The Morgan fingerprint density at radius 1 is 1.07 bits per heavy atom. The summed E-state index contributed by atoms with van der Waals surface area (Å²) in [5, 5.41) is 17.5. The normalized spacial score (nSPS) is 19.2. The van der Waals surface area contributed by atoms with E-state index >= 15 is 0 Å². The molecule has 0 spiro atoms. The van der Waals surface area contributed by atoms with Crippen molar-refractivity contribution in [1.82, 2.24) is 15.1 Å². The number of benzene rings is 2. The van der Waals surface area contributed by atoms with Crippen LogP contribution in [0.4, 0.5) is 4.39 Å². The first-order chi connectivity index (χ1) is 14.1. The van der Waals surface area contributed by atoms with Gasteiger partial charge in [0.05, 0.1) is 17.3 Å². The van der Waals surface area contributed by atoms with E-state index in [0.717, 1.165) is 35.3 Å². The number of hydrogen-bond acceptors (Lipinski definition) is 3. The van der Waals surface area contributed by atoms with E-state index in [4.69, 9.17) is 10.2 Å². The van der Waals surface area contributed by atoms with Crippen molar-refractivity contribution in [3.8, 4) is 16.9 Å². The highest BCUT2D eigenvalue weighted by Gasteiger charge is 2.26. The molecular weight excluding hydrogens is 369 g/mol. The lowest BCUT2D eigenvalue weighted by atomic mass is 9.86. The Balaban J connectivity index is 1.54. The first-order valence-electron chi connectivity index (χ1n) is 9.96. The third-order valence-corrected chi connectivity index (χ3v) is 5.59. The molecular formula is C23H24FN3O2. The molecule has 0 amide bonds. The summed E-state index contributed by atoms with van der Waals surface area (Å²) >= 11 is 0. The van der Waals surface area contributed by atoms with Gasteiger partial charge in [-0.15, -0.1) is 0 Å². The molecule has 0 radical (unpaired) electrons. The van der Waals surface area contributed by atoms with Crippen LogP contribution in [-0.2, 0) is 11.3 Å². The van der Waals surface area contributed by atoms with Gasteiger partial charge in [-0.2, -0.15) is 5.10 Å². The van der Waals surface area contributed by atoms with Crippen molar-refractivity contribution in [1.29, 1.82) is 0 Å². The monoisotopic (exact) mass is 393 g/mol. The smallest absolute Gasteiger partial charge is 0.306 e. The third kappa shape index (κ3) is 4.54. The van der Waals surface area contributed by atoms with Crippen molar-refractivity contribution in [3.63, 3.8) is 0 Å². The van der Waals surface area contributed by atoms with E-state index in [0.29, 0.717) is 25.4 Å². The molecule has 1 heterocycles. The molecule has 150 valence electrons. The van der Waals surface area contributed by atoms with Crippen LogP contribution in [-0.4, -0.2) is 26.9 Å². The van der Waals surface area contributed by atoms with Gasteiger partial charge >= 0.3 is 5.97 Å². The summed E-state index contributed by atoms with van der Waals surface area (Å²) in [6.45, 7) is 0.627. The maximum atomic E-state index is 13.4. The molecule has 1 aromatic heterocycles. The topological polar surface area (TPSA) is 67.2 Å². The van der Waals surface area contributed by atoms with Gasteiger partial charge in [0.1, 0.15) is 5.82 Å². The van der Waals surface area contributed by atoms with Crippen LogP contribution in [0.5, 0.6) is 0 Å². The van der Waals surface area contributed by atoms with E-state index in [9.17, 15) is 9.18 Å². The van der Waals surface area contributed by atoms with Crippen LogP contribution in [0.2, 0.25) is 0 Å². The van der Waals surface area contributed by atoms with Crippen LogP contribution in [0.3, 0.4) is 0 Å². The van der Waals surface area contributed by atoms with E-state index < -0.39 is 5.97 Å². The molecule has 0 aliphatic heterocycles. The van der Waals surface area contributed by atoms with Crippen molar-refractivity contribution in [2.24, 2.45) is 5.92 Å². The van der Waals surface area contributed by atoms with Gasteiger partial charge in [-0.05, 0) is 62.1 Å². The number of rotatable bonds is 6. The Morgan fingerprint density at radius 3 is 2.41 bits per heavy atom. The Hall–Kier alpha value is -2.99. The Kier molecular flexibility index (Phi) is 5.71. The van der Waals surface area contributed by atoms with Crippen LogP contribution in [0.15, 0.2) is 60.8 Å². The lowest BCUT2D eigenvalue weighted by molar-refractivity contribution is -0.142. The maximum Gasteiger partial charge on any atom is 0.306 e. The van der Waals surface area contributed by atoms with Gasteiger partial charge in [-0.1, -0.05) is 18.2 Å². The zero-order valence-corrected chi connectivity index (χ0v) is 16.1. The number of carbonyl (C=O) groups is 1. The number of aliphatic carboxylic acids is 1. The number of hydrogen-bond donors (Lipinski definition) is 2. The van der Waals surface area contributed by atoms with Gasteiger partial charge in [0.15, 0.2) is 0 Å². The summed E-state index contributed by atoms with van der Waals surface area (Å²) in [6, 6.07) is 16.6. The summed E-state index contributed by atoms with van der Waals surface area (Å²) < 4.78 is 15.2. The lowest BCUT2D eigenvalue weighted by Gasteiger charge is -2.26. The molecule has 1 fully saturated rings. The second-order valence-corrected chi connectivity index (χ2v) is 7.56. The van der Waals surface area contributed by atoms with Gasteiger partial charge in [0, 0.05) is 29.9 Å². The quantitative estimate of drug-likeness (QED) is 0.651. The Labute approximate surface area is 169 Å². The first-order valence-corrected chi connectivity index (χ1v) is 9.96. The van der Waals surface area contributed by atoms with Crippen molar-refractivity contribution in [2.75, 3.05) is 0 Å².